The Bertz CT molecular complexity index is 1670. The number of fused-ring (bicyclic) bond motifs is 3. The fourth-order valence-corrected chi connectivity index (χ4v) is 4.20. The van der Waals surface area contributed by atoms with Gasteiger partial charge in [0, 0.05) is 35.0 Å². The number of hydrogen-bond acceptors (Lipinski definition) is 6. The van der Waals surface area contributed by atoms with Gasteiger partial charge in [0.15, 0.2) is 11.5 Å². The molecule has 0 saturated carbocycles. The maximum atomic E-state index is 15.0. The summed E-state index contributed by atoms with van der Waals surface area (Å²) in [5.41, 5.74) is 8.30. The summed E-state index contributed by atoms with van der Waals surface area (Å²) in [4.78, 5) is 16.8. The highest BCUT2D eigenvalue weighted by Gasteiger charge is 2.24. The van der Waals surface area contributed by atoms with Crippen molar-refractivity contribution in [3.05, 3.63) is 83.8 Å². The van der Waals surface area contributed by atoms with Gasteiger partial charge in [0.1, 0.15) is 11.5 Å². The van der Waals surface area contributed by atoms with Crippen molar-refractivity contribution in [1.82, 2.24) is 14.8 Å². The van der Waals surface area contributed by atoms with Crippen molar-refractivity contribution in [3.63, 3.8) is 0 Å². The number of aromatic nitrogens is 3. The van der Waals surface area contributed by atoms with Crippen molar-refractivity contribution < 1.29 is 18.7 Å². The first-order valence-corrected chi connectivity index (χ1v) is 11.0. The molecule has 0 aliphatic heterocycles. The van der Waals surface area contributed by atoms with E-state index in [2.05, 4.69) is 10.1 Å². The Morgan fingerprint density at radius 1 is 1.14 bits per heavy atom. The van der Waals surface area contributed by atoms with E-state index in [0.29, 0.717) is 38.8 Å². The van der Waals surface area contributed by atoms with Gasteiger partial charge in [-0.2, -0.15) is 10.4 Å². The molecule has 1 atom stereocenters. The Balaban J connectivity index is 1.74. The standard InChI is InChI=1S/C27H20FN5O3/c1-33-21-14-31-20-12-22(35-2)23(36-26(27(30)34)16-6-4-3-5-7-16)11-18(20)24(21)25(32-33)17-9-8-15(13-29)10-19(17)28/h3-12,14,26H,1-2H3,(H2,30,34)/t26-/m1/s1. The van der Waals surface area contributed by atoms with Crippen LogP contribution in [0.25, 0.3) is 33.1 Å². The number of carbonyl (C=O) groups excluding carboxylic acids is 1. The van der Waals surface area contributed by atoms with E-state index in [1.165, 1.54) is 25.3 Å². The minimum Gasteiger partial charge on any atom is -0.493 e. The summed E-state index contributed by atoms with van der Waals surface area (Å²) in [5, 5.41) is 14.9. The van der Waals surface area contributed by atoms with Crippen LogP contribution >= 0.6 is 0 Å². The lowest BCUT2D eigenvalue weighted by Crippen LogP contribution is -2.26. The van der Waals surface area contributed by atoms with Gasteiger partial charge in [-0.3, -0.25) is 14.5 Å². The molecule has 0 aliphatic rings. The largest absolute Gasteiger partial charge is 0.493 e. The molecule has 0 bridgehead atoms. The maximum absolute atomic E-state index is 15.0. The van der Waals surface area contributed by atoms with Gasteiger partial charge in [0.25, 0.3) is 5.91 Å². The highest BCUT2D eigenvalue weighted by atomic mass is 19.1. The topological polar surface area (TPSA) is 116 Å². The van der Waals surface area contributed by atoms with Crippen LogP contribution in [0.5, 0.6) is 11.5 Å². The van der Waals surface area contributed by atoms with Crippen LogP contribution in [0.3, 0.4) is 0 Å². The van der Waals surface area contributed by atoms with Gasteiger partial charge < -0.3 is 15.2 Å². The molecule has 0 radical (unpaired) electrons. The van der Waals surface area contributed by atoms with Crippen molar-refractivity contribution >= 4 is 27.7 Å². The fourth-order valence-electron chi connectivity index (χ4n) is 4.20. The second-order valence-electron chi connectivity index (χ2n) is 8.13. The van der Waals surface area contributed by atoms with Crippen LogP contribution in [0.4, 0.5) is 4.39 Å². The molecule has 3 aromatic carbocycles. The SMILES string of the molecule is COc1cc2ncc3c(c(-c4ccc(C#N)cc4F)nn3C)c2cc1O[C@@H](C(N)=O)c1ccccc1. The number of benzene rings is 3. The van der Waals surface area contributed by atoms with E-state index in [4.69, 9.17) is 20.5 Å². The highest BCUT2D eigenvalue weighted by Crippen LogP contribution is 2.40. The number of amides is 1. The number of primary amides is 1. The number of aryl methyl sites for hydroxylation is 1. The minimum atomic E-state index is -1.06. The summed E-state index contributed by atoms with van der Waals surface area (Å²) in [5.74, 6) is -0.614. The summed E-state index contributed by atoms with van der Waals surface area (Å²) in [6.45, 7) is 0. The predicted molar refractivity (Wildman–Crippen MR) is 132 cm³/mol. The van der Waals surface area contributed by atoms with Gasteiger partial charge in [0.05, 0.1) is 36.0 Å². The van der Waals surface area contributed by atoms with Gasteiger partial charge in [-0.15, -0.1) is 0 Å². The molecule has 178 valence electrons. The first-order chi connectivity index (χ1) is 17.4. The molecule has 5 rings (SSSR count). The Morgan fingerprint density at radius 2 is 1.92 bits per heavy atom. The molecule has 0 spiro atoms. The summed E-state index contributed by atoms with van der Waals surface area (Å²) in [6, 6.07) is 18.4. The highest BCUT2D eigenvalue weighted by molar-refractivity contribution is 6.12. The van der Waals surface area contributed by atoms with Crippen LogP contribution in [-0.4, -0.2) is 27.8 Å². The number of halogens is 1. The normalized spacial score (nSPS) is 11.8. The molecule has 36 heavy (non-hydrogen) atoms. The average Bonchev–Trinajstić information content (AvgIpc) is 3.23. The third kappa shape index (κ3) is 3.84. The molecule has 5 aromatic rings. The van der Waals surface area contributed by atoms with E-state index >= 15 is 0 Å². The first-order valence-electron chi connectivity index (χ1n) is 11.0. The summed E-state index contributed by atoms with van der Waals surface area (Å²) in [7, 11) is 3.22. The molecule has 8 nitrogen and oxygen atoms in total. The number of nitriles is 1. The van der Waals surface area contributed by atoms with Crippen LogP contribution in [0.15, 0.2) is 66.9 Å². The van der Waals surface area contributed by atoms with Gasteiger partial charge >= 0.3 is 0 Å². The molecule has 9 heteroatoms. The molecular formula is C27H20FN5O3. The number of carbonyl (C=O) groups is 1. The van der Waals surface area contributed by atoms with E-state index in [1.807, 2.05) is 12.1 Å². The average molecular weight is 481 g/mol. The maximum Gasteiger partial charge on any atom is 0.263 e. The molecule has 0 aliphatic carbocycles. The molecule has 1 amide bonds. The number of nitrogens with two attached hydrogens (primary N) is 1. The van der Waals surface area contributed by atoms with Crippen LogP contribution in [0, 0.1) is 17.1 Å². The number of ether oxygens (including phenoxy) is 2. The third-order valence-electron chi connectivity index (χ3n) is 5.93. The second kappa shape index (κ2) is 9.00. The first kappa shape index (κ1) is 22.8. The van der Waals surface area contributed by atoms with Gasteiger partial charge in [-0.1, -0.05) is 30.3 Å². The predicted octanol–water partition coefficient (Wildman–Crippen LogP) is 4.41. The smallest absolute Gasteiger partial charge is 0.263 e. The number of pyridine rings is 1. The zero-order chi connectivity index (χ0) is 25.4. The Labute approximate surface area is 205 Å². The Kier molecular flexibility index (Phi) is 5.70. The molecule has 2 heterocycles. The molecular weight excluding hydrogens is 461 g/mol. The van der Waals surface area contributed by atoms with Crippen LogP contribution in [0.2, 0.25) is 0 Å². The summed E-state index contributed by atoms with van der Waals surface area (Å²) >= 11 is 0. The van der Waals surface area contributed by atoms with E-state index in [9.17, 15) is 9.18 Å². The fraction of sp³-hybridized carbons (Fsp3) is 0.111. The lowest BCUT2D eigenvalue weighted by molar-refractivity contribution is -0.125. The zero-order valence-electron chi connectivity index (χ0n) is 19.4. The Hall–Kier alpha value is -4.97. The van der Waals surface area contributed by atoms with Gasteiger partial charge in [0.2, 0.25) is 6.10 Å². The molecule has 0 fully saturated rings. The van der Waals surface area contributed by atoms with Crippen molar-refractivity contribution in [2.45, 2.75) is 6.10 Å². The van der Waals surface area contributed by atoms with Crippen LogP contribution in [0.1, 0.15) is 17.2 Å². The number of hydrogen-bond donors (Lipinski definition) is 1. The van der Waals surface area contributed by atoms with Gasteiger partial charge in [-0.05, 0) is 24.3 Å². The van der Waals surface area contributed by atoms with E-state index in [0.717, 1.165) is 0 Å². The molecule has 2 aromatic heterocycles. The van der Waals surface area contributed by atoms with E-state index < -0.39 is 17.8 Å². The van der Waals surface area contributed by atoms with Crippen molar-refractivity contribution in [1.29, 1.82) is 5.26 Å². The number of methoxy groups -OCH3 is 1. The van der Waals surface area contributed by atoms with Crippen molar-refractivity contribution in [2.75, 3.05) is 7.11 Å². The Morgan fingerprint density at radius 3 is 2.58 bits per heavy atom. The zero-order valence-corrected chi connectivity index (χ0v) is 19.4. The van der Waals surface area contributed by atoms with Crippen molar-refractivity contribution in [2.24, 2.45) is 12.8 Å². The van der Waals surface area contributed by atoms with Crippen LogP contribution in [-0.2, 0) is 11.8 Å². The third-order valence-corrected chi connectivity index (χ3v) is 5.93. The number of nitrogens with zero attached hydrogens (tertiary/aromatic N) is 4. The van der Waals surface area contributed by atoms with Crippen molar-refractivity contribution in [3.8, 4) is 28.8 Å². The molecule has 0 unspecified atom stereocenters. The second-order valence-corrected chi connectivity index (χ2v) is 8.13. The summed E-state index contributed by atoms with van der Waals surface area (Å²) < 4.78 is 28.2. The van der Waals surface area contributed by atoms with E-state index in [1.54, 1.807) is 54.3 Å². The lowest BCUT2D eigenvalue weighted by atomic mass is 10.0. The molecule has 2 N–H and O–H groups in total. The van der Waals surface area contributed by atoms with Crippen LogP contribution < -0.4 is 15.2 Å². The minimum absolute atomic E-state index is 0.210. The van der Waals surface area contributed by atoms with E-state index in [-0.39, 0.29) is 16.9 Å². The lowest BCUT2D eigenvalue weighted by Gasteiger charge is -2.19. The number of rotatable bonds is 6. The summed E-state index contributed by atoms with van der Waals surface area (Å²) in [6.07, 6.45) is 0.584. The van der Waals surface area contributed by atoms with Gasteiger partial charge in [-0.25, -0.2) is 4.39 Å². The quantitative estimate of drug-likeness (QED) is 0.384. The molecule has 0 saturated heterocycles. The monoisotopic (exact) mass is 481 g/mol.